The molecular formula is C25H22Cl2F2N4O. The van der Waals surface area contributed by atoms with Crippen molar-refractivity contribution in [1.82, 2.24) is 4.90 Å². The number of halogens is 4. The smallest absolute Gasteiger partial charge is 0.284 e. The third kappa shape index (κ3) is 3.87. The summed E-state index contributed by atoms with van der Waals surface area (Å²) >= 11 is 12.5. The van der Waals surface area contributed by atoms with Gasteiger partial charge in [-0.25, -0.2) is 13.8 Å². The predicted molar refractivity (Wildman–Crippen MR) is 132 cm³/mol. The first kappa shape index (κ1) is 22.9. The molecule has 0 radical (unpaired) electrons. The zero-order chi connectivity index (χ0) is 24.1. The molecule has 0 aromatic heterocycles. The molecule has 34 heavy (non-hydrogen) atoms. The average Bonchev–Trinajstić information content (AvgIpc) is 3.10. The van der Waals surface area contributed by atoms with E-state index in [1.807, 2.05) is 48.6 Å². The molecule has 3 aliphatic rings. The molecule has 2 aliphatic heterocycles. The Labute approximate surface area is 206 Å². The van der Waals surface area contributed by atoms with Crippen molar-refractivity contribution in [3.05, 3.63) is 81.9 Å². The van der Waals surface area contributed by atoms with Gasteiger partial charge in [-0.2, -0.15) is 0 Å². The Bertz CT molecular complexity index is 1240. The van der Waals surface area contributed by atoms with Crippen molar-refractivity contribution in [2.75, 3.05) is 20.2 Å². The number of rotatable bonds is 4. The molecule has 2 aromatic rings. The minimum atomic E-state index is -2.98. The summed E-state index contributed by atoms with van der Waals surface area (Å²) in [7, 11) is 1.59. The van der Waals surface area contributed by atoms with E-state index >= 15 is 0 Å². The molecule has 0 saturated carbocycles. The van der Waals surface area contributed by atoms with Crippen molar-refractivity contribution in [2.24, 2.45) is 21.6 Å². The number of nitrogens with zero attached hydrogens (tertiary/aromatic N) is 3. The SMILES string of the molecule is COc1ccc(C2(C3C=C(c4cc(Cl)cc(Cl)c4)C=CC3)N=C(N)N3CC(F)(F)CN=C32)cc1. The number of alkyl halides is 2. The molecule has 2 heterocycles. The number of methoxy groups -OCH3 is 1. The van der Waals surface area contributed by atoms with Gasteiger partial charge in [0.1, 0.15) is 18.1 Å². The van der Waals surface area contributed by atoms with E-state index < -0.39 is 24.6 Å². The van der Waals surface area contributed by atoms with Crippen LogP contribution in [-0.2, 0) is 5.54 Å². The molecule has 0 bridgehead atoms. The molecule has 2 aromatic carbocycles. The lowest BCUT2D eigenvalue weighted by Crippen LogP contribution is -2.54. The van der Waals surface area contributed by atoms with Crippen LogP contribution in [0.2, 0.25) is 10.0 Å². The first-order chi connectivity index (χ1) is 16.2. The van der Waals surface area contributed by atoms with Crippen molar-refractivity contribution in [3.63, 3.8) is 0 Å². The van der Waals surface area contributed by atoms with Crippen LogP contribution in [0.15, 0.2) is 70.7 Å². The molecule has 176 valence electrons. The molecular weight excluding hydrogens is 481 g/mol. The van der Waals surface area contributed by atoms with Gasteiger partial charge in [-0.15, -0.1) is 0 Å². The van der Waals surface area contributed by atoms with Gasteiger partial charge in [-0.3, -0.25) is 9.89 Å². The molecule has 0 amide bonds. The van der Waals surface area contributed by atoms with E-state index in [1.165, 1.54) is 4.90 Å². The number of benzene rings is 2. The molecule has 1 aliphatic carbocycles. The van der Waals surface area contributed by atoms with Gasteiger partial charge in [0.25, 0.3) is 5.92 Å². The number of aliphatic imine (C=N–C) groups is 2. The van der Waals surface area contributed by atoms with Crippen LogP contribution in [0, 0.1) is 5.92 Å². The van der Waals surface area contributed by atoms with E-state index in [-0.39, 0.29) is 11.9 Å². The lowest BCUT2D eigenvalue weighted by molar-refractivity contribution is -0.00476. The Morgan fingerprint density at radius 2 is 1.82 bits per heavy atom. The first-order valence-electron chi connectivity index (χ1n) is 10.8. The van der Waals surface area contributed by atoms with E-state index in [0.717, 1.165) is 16.7 Å². The molecule has 2 unspecified atom stereocenters. The van der Waals surface area contributed by atoms with E-state index in [1.54, 1.807) is 13.2 Å². The molecule has 0 saturated heterocycles. The maximum atomic E-state index is 14.2. The maximum Gasteiger partial charge on any atom is 0.284 e. The largest absolute Gasteiger partial charge is 0.497 e. The summed E-state index contributed by atoms with van der Waals surface area (Å²) in [5, 5.41) is 1.05. The Hall–Kier alpha value is -2.90. The quantitative estimate of drug-likeness (QED) is 0.597. The highest BCUT2D eigenvalue weighted by atomic mass is 35.5. The Balaban J connectivity index is 1.67. The maximum absolute atomic E-state index is 14.2. The van der Waals surface area contributed by atoms with Crippen LogP contribution in [0.4, 0.5) is 8.78 Å². The molecule has 0 fully saturated rings. The standard InChI is InChI=1S/C25H22Cl2F2N4O/c1-34-21-7-5-17(6-8-21)25(22-31-13-24(28,29)14-33(22)23(30)32-25)18-4-2-3-15(9-18)16-10-19(26)12-20(27)11-16/h2-3,5-12,18H,4,13-14H2,1H3,(H2,30,32). The van der Waals surface area contributed by atoms with Crippen LogP contribution in [0.5, 0.6) is 5.75 Å². The molecule has 9 heteroatoms. The van der Waals surface area contributed by atoms with Crippen LogP contribution >= 0.6 is 23.2 Å². The highest BCUT2D eigenvalue weighted by Crippen LogP contribution is 2.47. The van der Waals surface area contributed by atoms with Gasteiger partial charge in [0, 0.05) is 16.0 Å². The average molecular weight is 503 g/mol. The fourth-order valence-electron chi connectivity index (χ4n) is 4.83. The van der Waals surface area contributed by atoms with Crippen LogP contribution < -0.4 is 10.5 Å². The first-order valence-corrected chi connectivity index (χ1v) is 11.5. The van der Waals surface area contributed by atoms with Gasteiger partial charge in [-0.05, 0) is 53.5 Å². The zero-order valence-electron chi connectivity index (χ0n) is 18.3. The monoisotopic (exact) mass is 502 g/mol. The van der Waals surface area contributed by atoms with Crippen molar-refractivity contribution < 1.29 is 13.5 Å². The third-order valence-electron chi connectivity index (χ3n) is 6.34. The van der Waals surface area contributed by atoms with Crippen LogP contribution in [0.1, 0.15) is 17.5 Å². The van der Waals surface area contributed by atoms with Gasteiger partial charge in [0.2, 0.25) is 0 Å². The van der Waals surface area contributed by atoms with Gasteiger partial charge >= 0.3 is 0 Å². The minimum absolute atomic E-state index is 0.0317. The summed E-state index contributed by atoms with van der Waals surface area (Å²) in [4.78, 5) is 10.5. The number of allylic oxidation sites excluding steroid dienone is 3. The lowest BCUT2D eigenvalue weighted by Gasteiger charge is -2.39. The van der Waals surface area contributed by atoms with E-state index in [0.29, 0.717) is 28.1 Å². The van der Waals surface area contributed by atoms with E-state index in [9.17, 15) is 8.78 Å². The predicted octanol–water partition coefficient (Wildman–Crippen LogP) is 5.53. The van der Waals surface area contributed by atoms with Crippen molar-refractivity contribution in [1.29, 1.82) is 0 Å². The third-order valence-corrected chi connectivity index (χ3v) is 6.78. The number of hydrogen-bond donors (Lipinski definition) is 1. The highest BCUT2D eigenvalue weighted by Gasteiger charge is 2.55. The molecule has 5 rings (SSSR count). The topological polar surface area (TPSA) is 63.2 Å². The minimum Gasteiger partial charge on any atom is -0.497 e. The summed E-state index contributed by atoms with van der Waals surface area (Å²) in [6, 6.07) is 12.8. The fourth-order valence-corrected chi connectivity index (χ4v) is 5.35. The number of nitrogens with two attached hydrogens (primary N) is 1. The number of fused-ring (bicyclic) bond motifs is 1. The number of ether oxygens (including phenoxy) is 1. The van der Waals surface area contributed by atoms with Crippen LogP contribution in [0.3, 0.4) is 0 Å². The van der Waals surface area contributed by atoms with Gasteiger partial charge in [0.05, 0.1) is 13.7 Å². The van der Waals surface area contributed by atoms with E-state index in [4.69, 9.17) is 38.7 Å². The Morgan fingerprint density at radius 3 is 2.50 bits per heavy atom. The Morgan fingerprint density at radius 1 is 1.12 bits per heavy atom. The highest BCUT2D eigenvalue weighted by molar-refractivity contribution is 6.34. The summed E-state index contributed by atoms with van der Waals surface area (Å²) in [5.74, 6) is -2.08. The molecule has 2 N–H and O–H groups in total. The van der Waals surface area contributed by atoms with Crippen molar-refractivity contribution >= 4 is 40.6 Å². The summed E-state index contributed by atoms with van der Waals surface area (Å²) in [6.45, 7) is -1.16. The molecule has 2 atom stereocenters. The molecule has 0 spiro atoms. The number of amidine groups is 1. The van der Waals surface area contributed by atoms with Crippen molar-refractivity contribution in [2.45, 2.75) is 17.9 Å². The summed E-state index contributed by atoms with van der Waals surface area (Å²) < 4.78 is 33.8. The normalized spacial score (nSPS) is 25.4. The van der Waals surface area contributed by atoms with Gasteiger partial charge in [-0.1, -0.05) is 53.6 Å². The Kier molecular flexibility index (Phi) is 5.65. The second kappa shape index (κ2) is 8.40. The number of hydrogen-bond acceptors (Lipinski definition) is 5. The van der Waals surface area contributed by atoms with E-state index in [2.05, 4.69) is 11.1 Å². The lowest BCUT2D eigenvalue weighted by atomic mass is 9.73. The van der Waals surface area contributed by atoms with Crippen molar-refractivity contribution in [3.8, 4) is 5.75 Å². The fraction of sp³-hybridized carbons (Fsp3) is 0.280. The summed E-state index contributed by atoms with van der Waals surface area (Å²) in [5.41, 5.74) is 7.72. The summed E-state index contributed by atoms with van der Waals surface area (Å²) in [6.07, 6.45) is 6.72. The van der Waals surface area contributed by atoms with Crippen LogP contribution in [0.25, 0.3) is 5.57 Å². The van der Waals surface area contributed by atoms with Gasteiger partial charge < -0.3 is 10.5 Å². The second-order valence-electron chi connectivity index (χ2n) is 8.57. The van der Waals surface area contributed by atoms with Gasteiger partial charge in [0.15, 0.2) is 11.5 Å². The zero-order valence-corrected chi connectivity index (χ0v) is 19.8. The second-order valence-corrected chi connectivity index (χ2v) is 9.44. The molecule has 5 nitrogen and oxygen atoms in total. The van der Waals surface area contributed by atoms with Crippen LogP contribution in [-0.4, -0.2) is 42.8 Å². The number of guanidine groups is 1.